The predicted octanol–water partition coefficient (Wildman–Crippen LogP) is -0.259. The van der Waals surface area contributed by atoms with Gasteiger partial charge in [-0.1, -0.05) is 6.42 Å². The quantitative estimate of drug-likeness (QED) is 0.665. The van der Waals surface area contributed by atoms with E-state index < -0.39 is 6.03 Å². The Balaban J connectivity index is 1.53. The molecule has 1 saturated carbocycles. The van der Waals surface area contributed by atoms with E-state index >= 15 is 0 Å². The van der Waals surface area contributed by atoms with Crippen molar-refractivity contribution in [2.24, 2.45) is 5.92 Å². The molecule has 0 radical (unpaired) electrons. The van der Waals surface area contributed by atoms with Crippen molar-refractivity contribution in [3.05, 3.63) is 0 Å². The van der Waals surface area contributed by atoms with E-state index in [2.05, 4.69) is 0 Å². The standard InChI is InChI=1S/C16H24N4O4/c1-17-10-14(22)20(16(17)24)11-13(21)18-6-3-7-19(9-8-18)15(23)12-4-2-5-12/h12H,2-11H2,1H3. The molecule has 1 aliphatic carbocycles. The van der Waals surface area contributed by atoms with E-state index in [1.807, 2.05) is 4.90 Å². The second kappa shape index (κ2) is 6.78. The first-order valence-electron chi connectivity index (χ1n) is 8.59. The maximum atomic E-state index is 12.4. The molecule has 2 aliphatic heterocycles. The Bertz CT molecular complexity index is 560. The maximum Gasteiger partial charge on any atom is 0.327 e. The molecule has 24 heavy (non-hydrogen) atoms. The van der Waals surface area contributed by atoms with Crippen LogP contribution < -0.4 is 0 Å². The molecule has 132 valence electrons. The summed E-state index contributed by atoms with van der Waals surface area (Å²) in [6, 6.07) is -0.426. The second-order valence-corrected chi connectivity index (χ2v) is 6.81. The molecule has 0 spiro atoms. The smallest absolute Gasteiger partial charge is 0.327 e. The van der Waals surface area contributed by atoms with Crippen LogP contribution in [0.1, 0.15) is 25.7 Å². The molecule has 3 rings (SSSR count). The highest BCUT2D eigenvalue weighted by molar-refractivity contribution is 6.04. The number of hydrogen-bond donors (Lipinski definition) is 0. The van der Waals surface area contributed by atoms with Gasteiger partial charge < -0.3 is 14.7 Å². The van der Waals surface area contributed by atoms with Gasteiger partial charge in [0.2, 0.25) is 11.8 Å². The molecular weight excluding hydrogens is 312 g/mol. The van der Waals surface area contributed by atoms with Crippen molar-refractivity contribution in [2.75, 3.05) is 46.3 Å². The van der Waals surface area contributed by atoms with Crippen molar-refractivity contribution < 1.29 is 19.2 Å². The molecule has 0 aromatic carbocycles. The Kier molecular flexibility index (Phi) is 4.73. The van der Waals surface area contributed by atoms with Crippen molar-refractivity contribution in [1.82, 2.24) is 19.6 Å². The summed E-state index contributed by atoms with van der Waals surface area (Å²) in [5.41, 5.74) is 0. The molecule has 0 atom stereocenters. The third-order valence-electron chi connectivity index (χ3n) is 5.14. The van der Waals surface area contributed by atoms with Gasteiger partial charge in [0.25, 0.3) is 5.91 Å². The van der Waals surface area contributed by atoms with E-state index in [4.69, 9.17) is 0 Å². The van der Waals surface area contributed by atoms with Gasteiger partial charge in [-0.25, -0.2) is 4.79 Å². The third kappa shape index (κ3) is 3.22. The van der Waals surface area contributed by atoms with Crippen LogP contribution >= 0.6 is 0 Å². The molecule has 0 N–H and O–H groups in total. The molecule has 2 saturated heterocycles. The fourth-order valence-electron chi connectivity index (χ4n) is 3.36. The normalized spacial score (nSPS) is 22.7. The number of likely N-dealkylation sites (N-methyl/N-ethyl adjacent to an activating group) is 1. The van der Waals surface area contributed by atoms with Gasteiger partial charge in [-0.2, -0.15) is 0 Å². The Morgan fingerprint density at radius 3 is 2.25 bits per heavy atom. The van der Waals surface area contributed by atoms with Crippen molar-refractivity contribution in [1.29, 1.82) is 0 Å². The Morgan fingerprint density at radius 1 is 1.00 bits per heavy atom. The fourth-order valence-corrected chi connectivity index (χ4v) is 3.36. The van der Waals surface area contributed by atoms with Crippen LogP contribution in [0.15, 0.2) is 0 Å². The van der Waals surface area contributed by atoms with Crippen LogP contribution in [0.5, 0.6) is 0 Å². The summed E-state index contributed by atoms with van der Waals surface area (Å²) in [5, 5.41) is 0. The minimum Gasteiger partial charge on any atom is -0.341 e. The van der Waals surface area contributed by atoms with E-state index in [9.17, 15) is 19.2 Å². The van der Waals surface area contributed by atoms with Crippen LogP contribution in [0.25, 0.3) is 0 Å². The SMILES string of the molecule is CN1CC(=O)N(CC(=O)N2CCCN(C(=O)C3CCC3)CC2)C1=O. The summed E-state index contributed by atoms with van der Waals surface area (Å²) >= 11 is 0. The summed E-state index contributed by atoms with van der Waals surface area (Å²) in [7, 11) is 1.54. The number of carbonyl (C=O) groups is 4. The molecule has 0 aromatic rings. The van der Waals surface area contributed by atoms with Crippen LogP contribution in [0.3, 0.4) is 0 Å². The maximum absolute atomic E-state index is 12.4. The largest absolute Gasteiger partial charge is 0.341 e. The van der Waals surface area contributed by atoms with Crippen molar-refractivity contribution in [3.8, 4) is 0 Å². The lowest BCUT2D eigenvalue weighted by molar-refractivity contribution is -0.139. The molecule has 3 aliphatic rings. The highest BCUT2D eigenvalue weighted by Crippen LogP contribution is 2.28. The van der Waals surface area contributed by atoms with E-state index in [1.54, 1.807) is 11.9 Å². The molecule has 2 heterocycles. The van der Waals surface area contributed by atoms with Crippen molar-refractivity contribution in [2.45, 2.75) is 25.7 Å². The van der Waals surface area contributed by atoms with Gasteiger partial charge in [-0.3, -0.25) is 19.3 Å². The molecule has 0 aromatic heterocycles. The zero-order chi connectivity index (χ0) is 17.3. The van der Waals surface area contributed by atoms with Crippen LogP contribution in [0.4, 0.5) is 4.79 Å². The van der Waals surface area contributed by atoms with E-state index in [-0.39, 0.29) is 36.7 Å². The van der Waals surface area contributed by atoms with E-state index in [0.717, 1.165) is 30.6 Å². The zero-order valence-corrected chi connectivity index (χ0v) is 14.1. The number of urea groups is 1. The Morgan fingerprint density at radius 2 is 1.67 bits per heavy atom. The van der Waals surface area contributed by atoms with Gasteiger partial charge >= 0.3 is 6.03 Å². The zero-order valence-electron chi connectivity index (χ0n) is 14.1. The van der Waals surface area contributed by atoms with Gasteiger partial charge in [0.15, 0.2) is 0 Å². The lowest BCUT2D eigenvalue weighted by Crippen LogP contribution is -2.45. The van der Waals surface area contributed by atoms with Gasteiger partial charge in [-0.05, 0) is 19.3 Å². The summed E-state index contributed by atoms with van der Waals surface area (Å²) in [6.07, 6.45) is 3.81. The van der Waals surface area contributed by atoms with Crippen LogP contribution in [-0.4, -0.2) is 89.7 Å². The van der Waals surface area contributed by atoms with Crippen molar-refractivity contribution in [3.63, 3.8) is 0 Å². The van der Waals surface area contributed by atoms with E-state index in [1.165, 1.54) is 4.90 Å². The minimum absolute atomic E-state index is 0.0236. The van der Waals surface area contributed by atoms with E-state index in [0.29, 0.717) is 26.2 Å². The number of hydrogen-bond acceptors (Lipinski definition) is 4. The number of nitrogens with zero attached hydrogens (tertiary/aromatic N) is 4. The number of carbonyl (C=O) groups excluding carboxylic acids is 4. The first-order chi connectivity index (χ1) is 11.5. The van der Waals surface area contributed by atoms with Gasteiger partial charge in [0.05, 0.1) is 0 Å². The van der Waals surface area contributed by atoms with Crippen LogP contribution in [0, 0.1) is 5.92 Å². The Hall–Kier alpha value is -2.12. The molecule has 0 unspecified atom stereocenters. The number of rotatable bonds is 3. The second-order valence-electron chi connectivity index (χ2n) is 6.81. The molecular formula is C16H24N4O4. The Labute approximate surface area is 141 Å². The fraction of sp³-hybridized carbons (Fsp3) is 0.750. The monoisotopic (exact) mass is 336 g/mol. The summed E-state index contributed by atoms with van der Waals surface area (Å²) in [5.74, 6) is -0.192. The number of amides is 5. The average Bonchev–Trinajstić information content (AvgIpc) is 2.71. The average molecular weight is 336 g/mol. The third-order valence-corrected chi connectivity index (χ3v) is 5.14. The highest BCUT2D eigenvalue weighted by atomic mass is 16.2. The lowest BCUT2D eigenvalue weighted by Gasteiger charge is -2.31. The predicted molar refractivity (Wildman–Crippen MR) is 84.9 cm³/mol. The van der Waals surface area contributed by atoms with Gasteiger partial charge in [0.1, 0.15) is 13.1 Å². The first-order valence-corrected chi connectivity index (χ1v) is 8.59. The van der Waals surface area contributed by atoms with Crippen molar-refractivity contribution >= 4 is 23.8 Å². The molecule has 5 amide bonds. The minimum atomic E-state index is -0.426. The summed E-state index contributed by atoms with van der Waals surface area (Å²) in [4.78, 5) is 54.2. The topological polar surface area (TPSA) is 81.2 Å². The lowest BCUT2D eigenvalue weighted by atomic mass is 9.84. The molecule has 3 fully saturated rings. The van der Waals surface area contributed by atoms with Gasteiger partial charge in [0, 0.05) is 39.1 Å². The highest BCUT2D eigenvalue weighted by Gasteiger charge is 2.36. The molecule has 0 bridgehead atoms. The molecule has 8 nitrogen and oxygen atoms in total. The first kappa shape index (κ1) is 16.7. The van der Waals surface area contributed by atoms with Crippen LogP contribution in [0.2, 0.25) is 0 Å². The summed E-state index contributed by atoms with van der Waals surface area (Å²) < 4.78 is 0. The number of imide groups is 1. The van der Waals surface area contributed by atoms with Crippen LogP contribution in [-0.2, 0) is 14.4 Å². The molecule has 8 heteroatoms. The van der Waals surface area contributed by atoms with Gasteiger partial charge in [-0.15, -0.1) is 0 Å². The summed E-state index contributed by atoms with van der Waals surface area (Å²) in [6.45, 7) is 2.03.